The van der Waals surface area contributed by atoms with Gasteiger partial charge in [0.2, 0.25) is 0 Å². The summed E-state index contributed by atoms with van der Waals surface area (Å²) in [5, 5.41) is 4.28. The Bertz CT molecular complexity index is 573. The van der Waals surface area contributed by atoms with Crippen molar-refractivity contribution in [2.24, 2.45) is 5.16 Å². The van der Waals surface area contributed by atoms with Gasteiger partial charge in [-0.1, -0.05) is 41.6 Å². The van der Waals surface area contributed by atoms with E-state index >= 15 is 0 Å². The first-order chi connectivity index (χ1) is 10.4. The van der Waals surface area contributed by atoms with Crippen molar-refractivity contribution in [3.05, 3.63) is 60.3 Å². The van der Waals surface area contributed by atoms with E-state index in [1.54, 1.807) is 0 Å². The topological polar surface area (TPSA) is 37.7 Å². The molecule has 0 radical (unpaired) electrons. The van der Waals surface area contributed by atoms with E-state index in [0.717, 1.165) is 43.0 Å². The van der Waals surface area contributed by atoms with Gasteiger partial charge < -0.3 is 9.74 Å². The summed E-state index contributed by atoms with van der Waals surface area (Å²) in [4.78, 5) is 12.1. The van der Waals surface area contributed by atoms with E-state index < -0.39 is 0 Å². The van der Waals surface area contributed by atoms with Gasteiger partial charge in [0.05, 0.1) is 5.71 Å². The van der Waals surface area contributed by atoms with Gasteiger partial charge >= 0.3 is 0 Å². The van der Waals surface area contributed by atoms with Crippen LogP contribution < -0.4 is 4.90 Å². The molecular weight excluding hydrogens is 262 g/mol. The van der Waals surface area contributed by atoms with Crippen LogP contribution in [-0.4, -0.2) is 23.8 Å². The van der Waals surface area contributed by atoms with E-state index in [1.165, 1.54) is 0 Å². The van der Waals surface area contributed by atoms with Gasteiger partial charge in [-0.3, -0.25) is 0 Å². The number of rotatable bonds is 4. The van der Waals surface area contributed by atoms with Crippen LogP contribution in [0.3, 0.4) is 0 Å². The molecule has 0 N–H and O–H groups in total. The second kappa shape index (κ2) is 6.88. The molecule has 1 fully saturated rings. The summed E-state index contributed by atoms with van der Waals surface area (Å²) >= 11 is 0. The molecule has 1 aromatic carbocycles. The molecule has 0 unspecified atom stereocenters. The van der Waals surface area contributed by atoms with Gasteiger partial charge in [0, 0.05) is 32.1 Å². The third-order valence-corrected chi connectivity index (χ3v) is 3.58. The molecule has 0 aliphatic carbocycles. The Labute approximate surface area is 125 Å². The van der Waals surface area contributed by atoms with E-state index in [1.807, 2.05) is 54.7 Å². The number of anilines is 1. The van der Waals surface area contributed by atoms with E-state index in [-0.39, 0.29) is 0 Å². The Morgan fingerprint density at radius 3 is 2.48 bits per heavy atom. The average molecular weight is 281 g/mol. The third kappa shape index (κ3) is 3.81. The summed E-state index contributed by atoms with van der Waals surface area (Å²) < 4.78 is 0. The van der Waals surface area contributed by atoms with Crippen molar-refractivity contribution < 1.29 is 4.84 Å². The number of hydrogen-bond acceptors (Lipinski definition) is 4. The van der Waals surface area contributed by atoms with Crippen molar-refractivity contribution in [1.82, 2.24) is 4.98 Å². The highest BCUT2D eigenvalue weighted by Gasteiger charge is 2.16. The lowest BCUT2D eigenvalue weighted by molar-refractivity contribution is 0.129. The van der Waals surface area contributed by atoms with Crippen LogP contribution in [0.5, 0.6) is 0 Å². The smallest absolute Gasteiger partial charge is 0.142 e. The zero-order chi connectivity index (χ0) is 14.3. The fourth-order valence-corrected chi connectivity index (χ4v) is 2.40. The van der Waals surface area contributed by atoms with Crippen molar-refractivity contribution in [3.8, 4) is 0 Å². The third-order valence-electron chi connectivity index (χ3n) is 3.58. The van der Waals surface area contributed by atoms with Gasteiger partial charge in [-0.15, -0.1) is 0 Å². The van der Waals surface area contributed by atoms with Crippen LogP contribution in [0, 0.1) is 0 Å². The van der Waals surface area contributed by atoms with Crippen LogP contribution in [0.15, 0.2) is 59.9 Å². The standard InChI is InChI=1S/C17H19N3O/c1-2-6-15(7-3-1)14-21-19-16-9-12-20(13-10-16)17-8-4-5-11-18-17/h1-8,11H,9-10,12-14H2. The minimum absolute atomic E-state index is 0.536. The Hall–Kier alpha value is -2.36. The fraction of sp³-hybridized carbons (Fsp3) is 0.294. The first kappa shape index (κ1) is 13.6. The minimum Gasteiger partial charge on any atom is -0.391 e. The number of benzene rings is 1. The maximum Gasteiger partial charge on any atom is 0.142 e. The van der Waals surface area contributed by atoms with Crippen LogP contribution in [0.2, 0.25) is 0 Å². The van der Waals surface area contributed by atoms with Crippen molar-refractivity contribution in [2.45, 2.75) is 19.4 Å². The normalized spacial score (nSPS) is 14.9. The zero-order valence-corrected chi connectivity index (χ0v) is 12.0. The van der Waals surface area contributed by atoms with Crippen LogP contribution in [0.25, 0.3) is 0 Å². The molecule has 0 saturated carbocycles. The first-order valence-electron chi connectivity index (χ1n) is 7.29. The lowest BCUT2D eigenvalue weighted by Crippen LogP contribution is -2.34. The molecule has 1 aliphatic rings. The maximum atomic E-state index is 5.45. The summed E-state index contributed by atoms with van der Waals surface area (Å²) in [5.74, 6) is 1.04. The summed E-state index contributed by atoms with van der Waals surface area (Å²) in [6.07, 6.45) is 3.71. The number of nitrogens with zero attached hydrogens (tertiary/aromatic N) is 3. The van der Waals surface area contributed by atoms with Gasteiger partial charge in [0.15, 0.2) is 0 Å². The number of pyridine rings is 1. The van der Waals surface area contributed by atoms with Crippen LogP contribution in [0.1, 0.15) is 18.4 Å². The van der Waals surface area contributed by atoms with Crippen molar-refractivity contribution in [1.29, 1.82) is 0 Å². The Morgan fingerprint density at radius 1 is 1.00 bits per heavy atom. The van der Waals surface area contributed by atoms with Gasteiger partial charge in [-0.2, -0.15) is 0 Å². The molecular formula is C17H19N3O. The van der Waals surface area contributed by atoms with Crippen LogP contribution >= 0.6 is 0 Å². The highest BCUT2D eigenvalue weighted by molar-refractivity contribution is 5.86. The number of piperidine rings is 1. The molecule has 2 aromatic rings. The maximum absolute atomic E-state index is 5.45. The fourth-order valence-electron chi connectivity index (χ4n) is 2.40. The quantitative estimate of drug-likeness (QED) is 0.807. The van der Waals surface area contributed by atoms with Gasteiger partial charge in [0.25, 0.3) is 0 Å². The van der Waals surface area contributed by atoms with E-state index in [4.69, 9.17) is 4.84 Å². The van der Waals surface area contributed by atoms with Gasteiger partial charge in [-0.25, -0.2) is 4.98 Å². The predicted molar refractivity (Wildman–Crippen MR) is 84.4 cm³/mol. The Balaban J connectivity index is 1.48. The molecule has 21 heavy (non-hydrogen) atoms. The molecule has 0 amide bonds. The lowest BCUT2D eigenvalue weighted by atomic mass is 10.1. The molecule has 0 spiro atoms. The summed E-state index contributed by atoms with van der Waals surface area (Å²) in [6, 6.07) is 16.1. The summed E-state index contributed by atoms with van der Waals surface area (Å²) in [7, 11) is 0. The molecule has 1 aromatic heterocycles. The molecule has 4 heteroatoms. The molecule has 1 aliphatic heterocycles. The average Bonchev–Trinajstić information content (AvgIpc) is 2.57. The molecule has 3 rings (SSSR count). The van der Waals surface area contributed by atoms with Crippen molar-refractivity contribution >= 4 is 11.5 Å². The van der Waals surface area contributed by atoms with Crippen molar-refractivity contribution in [3.63, 3.8) is 0 Å². The van der Waals surface area contributed by atoms with Crippen molar-refractivity contribution in [2.75, 3.05) is 18.0 Å². The van der Waals surface area contributed by atoms with Crippen LogP contribution in [-0.2, 0) is 11.4 Å². The SMILES string of the molecule is c1ccc(CON=C2CCN(c3ccccn3)CC2)cc1. The second-order valence-electron chi connectivity index (χ2n) is 5.09. The molecule has 0 atom stereocenters. The molecule has 1 saturated heterocycles. The highest BCUT2D eigenvalue weighted by atomic mass is 16.6. The number of hydrogen-bond donors (Lipinski definition) is 0. The van der Waals surface area contributed by atoms with E-state index in [9.17, 15) is 0 Å². The van der Waals surface area contributed by atoms with E-state index in [0.29, 0.717) is 6.61 Å². The van der Waals surface area contributed by atoms with Gasteiger partial charge in [-0.05, 0) is 17.7 Å². The molecule has 2 heterocycles. The Morgan fingerprint density at radius 2 is 1.76 bits per heavy atom. The largest absolute Gasteiger partial charge is 0.391 e. The predicted octanol–water partition coefficient (Wildman–Crippen LogP) is 3.25. The van der Waals surface area contributed by atoms with Crippen LogP contribution in [0.4, 0.5) is 5.82 Å². The monoisotopic (exact) mass is 281 g/mol. The summed E-state index contributed by atoms with van der Waals surface area (Å²) in [6.45, 7) is 2.43. The van der Waals surface area contributed by atoms with Gasteiger partial charge in [0.1, 0.15) is 12.4 Å². The minimum atomic E-state index is 0.536. The number of aromatic nitrogens is 1. The van der Waals surface area contributed by atoms with E-state index in [2.05, 4.69) is 15.0 Å². The molecule has 0 bridgehead atoms. The molecule has 108 valence electrons. The zero-order valence-electron chi connectivity index (χ0n) is 12.0. The lowest BCUT2D eigenvalue weighted by Gasteiger charge is -2.28. The highest BCUT2D eigenvalue weighted by Crippen LogP contribution is 2.16. The molecule has 4 nitrogen and oxygen atoms in total. The Kier molecular flexibility index (Phi) is 4.46. The number of oxime groups is 1. The second-order valence-corrected chi connectivity index (χ2v) is 5.09. The first-order valence-corrected chi connectivity index (χ1v) is 7.29. The summed E-state index contributed by atoms with van der Waals surface area (Å²) in [5.41, 5.74) is 2.28.